The molecule has 2 aliphatic heterocycles. The van der Waals surface area contributed by atoms with E-state index in [0.717, 1.165) is 0 Å². The van der Waals surface area contributed by atoms with Crippen LogP contribution in [0, 0.1) is 5.92 Å². The highest BCUT2D eigenvalue weighted by Gasteiger charge is 2.48. The van der Waals surface area contributed by atoms with Crippen molar-refractivity contribution in [1.29, 1.82) is 0 Å². The van der Waals surface area contributed by atoms with Crippen LogP contribution in [0.4, 0.5) is 0 Å². The summed E-state index contributed by atoms with van der Waals surface area (Å²) in [5.41, 5.74) is 0. The number of rotatable bonds is 4. The maximum atomic E-state index is 11.8. The Morgan fingerprint density at radius 3 is 2.59 bits per heavy atom. The third-order valence-corrected chi connectivity index (χ3v) is 3.72. The van der Waals surface area contributed by atoms with Gasteiger partial charge in [-0.1, -0.05) is 6.08 Å². The minimum absolute atomic E-state index is 0.115. The van der Waals surface area contributed by atoms with E-state index in [0.29, 0.717) is 0 Å². The number of dihydropyridines is 1. The summed E-state index contributed by atoms with van der Waals surface area (Å²) in [5.74, 6) is 3.06. The number of ether oxygens (including phenoxy) is 1. The number of amides is 1. The second-order valence-corrected chi connectivity index (χ2v) is 5.94. The molecule has 1 fully saturated rings. The number of hydrogen-bond acceptors (Lipinski definition) is 8. The van der Waals surface area contributed by atoms with Crippen molar-refractivity contribution in [1.82, 2.24) is 0 Å². The molecule has 0 aromatic rings. The van der Waals surface area contributed by atoms with Crippen molar-refractivity contribution in [3.63, 3.8) is 0 Å². The summed E-state index contributed by atoms with van der Waals surface area (Å²) in [5, 5.41) is 19.8. The topological polar surface area (TPSA) is 181 Å². The normalized spacial score (nSPS) is 35.6. The largest absolute Gasteiger partial charge is 0.469 e. The molecule has 2 heterocycles. The van der Waals surface area contributed by atoms with E-state index in [4.69, 9.17) is 20.4 Å². The Morgan fingerprint density at radius 2 is 2.05 bits per heavy atom. The number of hydrogen-bond donors (Lipinski definition) is 5. The molecule has 0 radical (unpaired) electrons. The number of nitrogens with two attached hydrogens (primary N) is 1. The molecule has 12 heteroatoms. The fourth-order valence-corrected chi connectivity index (χ4v) is 2.53. The number of carbonyl (C=O) groups is 1. The van der Waals surface area contributed by atoms with Crippen molar-refractivity contribution in [3.8, 4) is 0 Å². The summed E-state index contributed by atoms with van der Waals surface area (Å²) in [6.45, 7) is -0.649. The van der Waals surface area contributed by atoms with Crippen molar-refractivity contribution < 1.29 is 43.5 Å². The van der Waals surface area contributed by atoms with E-state index < -0.39 is 50.7 Å². The third kappa shape index (κ3) is 3.77. The molecule has 6 N–H and O–H groups in total. The molecule has 2 rings (SSSR count). The highest BCUT2D eigenvalue weighted by Crippen LogP contribution is 2.38. The Labute approximate surface area is 124 Å². The average Bonchev–Trinajstić information content (AvgIpc) is 2.72. The summed E-state index contributed by atoms with van der Waals surface area (Å²) < 4.78 is 20.2. The maximum absolute atomic E-state index is 11.8. The SMILES string of the molecule is NOC1=NC(=O)C([C@H]2OC(COP(=O)(O)O)C(O)C2O)C=C1. The molecule has 22 heavy (non-hydrogen) atoms. The summed E-state index contributed by atoms with van der Waals surface area (Å²) in [6.07, 6.45) is -2.65. The fraction of sp³-hybridized carbons (Fsp3) is 0.600. The van der Waals surface area contributed by atoms with E-state index in [-0.39, 0.29) is 5.90 Å². The van der Waals surface area contributed by atoms with Crippen molar-refractivity contribution >= 4 is 19.6 Å². The van der Waals surface area contributed by atoms with E-state index in [1.54, 1.807) is 0 Å². The molecule has 4 unspecified atom stereocenters. The first-order valence-corrected chi connectivity index (χ1v) is 7.65. The van der Waals surface area contributed by atoms with Crippen molar-refractivity contribution in [2.75, 3.05) is 6.61 Å². The van der Waals surface area contributed by atoms with Gasteiger partial charge in [0.25, 0.3) is 5.91 Å². The summed E-state index contributed by atoms with van der Waals surface area (Å²) in [7, 11) is -4.75. The van der Waals surface area contributed by atoms with Gasteiger partial charge >= 0.3 is 7.82 Å². The molecule has 5 atom stereocenters. The molecule has 0 bridgehead atoms. The first-order valence-electron chi connectivity index (χ1n) is 6.12. The van der Waals surface area contributed by atoms with Gasteiger partial charge in [0.05, 0.1) is 12.5 Å². The second-order valence-electron chi connectivity index (χ2n) is 4.70. The Bertz CT molecular complexity index is 545. The Kier molecular flexibility index (Phi) is 5.10. The van der Waals surface area contributed by atoms with Gasteiger partial charge in [-0.3, -0.25) is 9.32 Å². The first-order chi connectivity index (χ1) is 10.2. The monoisotopic (exact) mass is 338 g/mol. The molecule has 0 spiro atoms. The summed E-state index contributed by atoms with van der Waals surface area (Å²) in [4.78, 5) is 36.9. The average molecular weight is 338 g/mol. The maximum Gasteiger partial charge on any atom is 0.469 e. The zero-order chi connectivity index (χ0) is 16.5. The predicted molar refractivity (Wildman–Crippen MR) is 69.0 cm³/mol. The van der Waals surface area contributed by atoms with Gasteiger partial charge in [0.15, 0.2) is 0 Å². The van der Waals surface area contributed by atoms with Gasteiger partial charge in [0.2, 0.25) is 5.90 Å². The fourth-order valence-electron chi connectivity index (χ4n) is 2.19. The van der Waals surface area contributed by atoms with E-state index in [9.17, 15) is 19.6 Å². The standard InChI is InChI=1S/C10H15N2O9P/c11-21-6-2-1-4(10(15)12-6)9-8(14)7(13)5(20-9)3-19-22(16,17)18/h1-2,4-5,7-9,13-14H,3,11H2,(H2,16,17,18)/t4?,5?,7?,8?,9-/m1/s1. The lowest BCUT2D eigenvalue weighted by atomic mass is 9.94. The number of aliphatic hydroxyl groups excluding tert-OH is 2. The van der Waals surface area contributed by atoms with Gasteiger partial charge in [-0.05, 0) is 6.08 Å². The highest BCUT2D eigenvalue weighted by molar-refractivity contribution is 7.46. The molecule has 1 amide bonds. The Hall–Kier alpha value is -1.17. The molecule has 0 aromatic heterocycles. The van der Waals surface area contributed by atoms with Crippen molar-refractivity contribution in [2.24, 2.45) is 16.8 Å². The minimum Gasteiger partial charge on any atom is -0.391 e. The lowest BCUT2D eigenvalue weighted by Gasteiger charge is -2.22. The third-order valence-electron chi connectivity index (χ3n) is 3.23. The highest BCUT2D eigenvalue weighted by atomic mass is 31.2. The zero-order valence-electron chi connectivity index (χ0n) is 11.1. The number of phosphoric ester groups is 1. The van der Waals surface area contributed by atoms with Crippen molar-refractivity contribution in [3.05, 3.63) is 12.2 Å². The predicted octanol–water partition coefficient (Wildman–Crippen LogP) is -2.41. The summed E-state index contributed by atoms with van der Waals surface area (Å²) >= 11 is 0. The van der Waals surface area contributed by atoms with Crippen LogP contribution in [0.15, 0.2) is 17.1 Å². The molecule has 0 saturated carbocycles. The van der Waals surface area contributed by atoms with Crippen LogP contribution < -0.4 is 5.90 Å². The number of aliphatic imine (C=N–C) groups is 1. The van der Waals surface area contributed by atoms with Gasteiger partial charge in [0, 0.05) is 0 Å². The van der Waals surface area contributed by atoms with Gasteiger partial charge < -0.3 is 29.6 Å². The number of nitrogens with zero attached hydrogens (tertiary/aromatic N) is 1. The lowest BCUT2D eigenvalue weighted by Crippen LogP contribution is -2.39. The molecule has 0 aliphatic carbocycles. The van der Waals surface area contributed by atoms with E-state index in [1.165, 1.54) is 12.2 Å². The number of carbonyl (C=O) groups excluding carboxylic acids is 1. The van der Waals surface area contributed by atoms with E-state index in [2.05, 4.69) is 14.4 Å². The van der Waals surface area contributed by atoms with Gasteiger partial charge in [-0.15, -0.1) is 0 Å². The lowest BCUT2D eigenvalue weighted by molar-refractivity contribution is -0.127. The van der Waals surface area contributed by atoms with E-state index in [1.807, 2.05) is 0 Å². The summed E-state index contributed by atoms with van der Waals surface area (Å²) in [6, 6.07) is 0. The van der Waals surface area contributed by atoms with Crippen molar-refractivity contribution in [2.45, 2.75) is 24.4 Å². The van der Waals surface area contributed by atoms with Gasteiger partial charge in [-0.2, -0.15) is 10.9 Å². The zero-order valence-corrected chi connectivity index (χ0v) is 11.9. The van der Waals surface area contributed by atoms with Crippen LogP contribution in [0.2, 0.25) is 0 Å². The Balaban J connectivity index is 2.05. The van der Waals surface area contributed by atoms with Gasteiger partial charge in [0.1, 0.15) is 24.4 Å². The molecule has 11 nitrogen and oxygen atoms in total. The molecular weight excluding hydrogens is 323 g/mol. The molecule has 2 aliphatic rings. The molecule has 124 valence electrons. The van der Waals surface area contributed by atoms with Crippen LogP contribution in [0.5, 0.6) is 0 Å². The molecule has 0 aromatic carbocycles. The first kappa shape index (κ1) is 17.2. The Morgan fingerprint density at radius 1 is 1.36 bits per heavy atom. The van der Waals surface area contributed by atoms with Crippen LogP contribution in [-0.4, -0.2) is 62.8 Å². The van der Waals surface area contributed by atoms with Crippen LogP contribution in [0.1, 0.15) is 0 Å². The quantitative estimate of drug-likeness (QED) is 0.273. The van der Waals surface area contributed by atoms with Crippen LogP contribution in [0.25, 0.3) is 0 Å². The molecule has 1 saturated heterocycles. The van der Waals surface area contributed by atoms with Gasteiger partial charge in [-0.25, -0.2) is 4.57 Å². The van der Waals surface area contributed by atoms with Crippen LogP contribution >= 0.6 is 7.82 Å². The van der Waals surface area contributed by atoms with Crippen LogP contribution in [0.3, 0.4) is 0 Å². The smallest absolute Gasteiger partial charge is 0.391 e. The molecular formula is C10H15N2O9P. The second kappa shape index (κ2) is 6.52. The number of phosphoric acid groups is 1. The van der Waals surface area contributed by atoms with Crippen LogP contribution in [-0.2, 0) is 23.5 Å². The number of aliphatic hydroxyl groups is 2. The minimum atomic E-state index is -4.75. The van der Waals surface area contributed by atoms with E-state index >= 15 is 0 Å².